The normalized spacial score (nSPS) is 15.1. The number of hydrogen-bond donors (Lipinski definition) is 1. The van der Waals surface area contributed by atoms with Gasteiger partial charge in [-0.2, -0.15) is 0 Å². The maximum absolute atomic E-state index is 13.2. The van der Waals surface area contributed by atoms with Gasteiger partial charge in [-0.05, 0) is 75.2 Å². The van der Waals surface area contributed by atoms with Crippen molar-refractivity contribution in [3.8, 4) is 5.00 Å². The van der Waals surface area contributed by atoms with Gasteiger partial charge in [-0.1, -0.05) is 15.9 Å². The van der Waals surface area contributed by atoms with Crippen molar-refractivity contribution < 1.29 is 23.9 Å². The van der Waals surface area contributed by atoms with Gasteiger partial charge in [0.15, 0.2) is 0 Å². The Morgan fingerprint density at radius 3 is 2.37 bits per heavy atom. The Bertz CT molecular complexity index is 1430. The predicted octanol–water partition coefficient (Wildman–Crippen LogP) is 4.99. The van der Waals surface area contributed by atoms with E-state index in [2.05, 4.69) is 21.2 Å². The number of aryl methyl sites for hydroxylation is 2. The van der Waals surface area contributed by atoms with Gasteiger partial charge in [0.25, 0.3) is 11.8 Å². The molecule has 0 atom stereocenters. The van der Waals surface area contributed by atoms with Gasteiger partial charge in [0, 0.05) is 20.7 Å². The number of urea groups is 1. The van der Waals surface area contributed by atoms with Crippen molar-refractivity contribution in [3.05, 3.63) is 73.3 Å². The number of rotatable bonds is 4. The molecule has 2 aromatic heterocycles. The van der Waals surface area contributed by atoms with Crippen LogP contribution in [0.25, 0.3) is 11.1 Å². The number of aromatic nitrogens is 1. The number of barbiturate groups is 1. The number of anilines is 1. The largest absolute Gasteiger partial charge is 0.465 e. The van der Waals surface area contributed by atoms with Gasteiger partial charge in [-0.15, -0.1) is 11.3 Å². The highest BCUT2D eigenvalue weighted by Gasteiger charge is 2.37. The van der Waals surface area contributed by atoms with E-state index in [0.29, 0.717) is 21.8 Å². The number of carbonyl (C=O) groups is 4. The fourth-order valence-electron chi connectivity index (χ4n) is 3.99. The molecule has 3 heterocycles. The molecule has 1 fully saturated rings. The fraction of sp³-hybridized carbons (Fsp3) is 0.200. The number of hydrogen-bond acceptors (Lipinski definition) is 6. The van der Waals surface area contributed by atoms with Crippen LogP contribution in [0.5, 0.6) is 0 Å². The summed E-state index contributed by atoms with van der Waals surface area (Å²) in [7, 11) is 1.34. The quantitative estimate of drug-likeness (QED) is 0.278. The first-order chi connectivity index (χ1) is 16.5. The molecule has 4 rings (SSSR count). The van der Waals surface area contributed by atoms with Gasteiger partial charge in [0.1, 0.15) is 10.6 Å². The number of halogens is 1. The van der Waals surface area contributed by atoms with Crippen molar-refractivity contribution in [2.75, 3.05) is 12.0 Å². The number of amides is 4. The summed E-state index contributed by atoms with van der Waals surface area (Å²) in [6, 6.07) is 7.64. The third kappa shape index (κ3) is 4.23. The lowest BCUT2D eigenvalue weighted by atomic mass is 10.1. The average molecular weight is 556 g/mol. The van der Waals surface area contributed by atoms with Crippen LogP contribution in [0.4, 0.5) is 10.5 Å². The van der Waals surface area contributed by atoms with Gasteiger partial charge < -0.3 is 9.30 Å². The maximum Gasteiger partial charge on any atom is 0.341 e. The zero-order chi connectivity index (χ0) is 25.6. The summed E-state index contributed by atoms with van der Waals surface area (Å²) in [6.45, 7) is 7.53. The first kappa shape index (κ1) is 24.6. The van der Waals surface area contributed by atoms with Crippen LogP contribution >= 0.6 is 27.3 Å². The van der Waals surface area contributed by atoms with E-state index in [9.17, 15) is 19.2 Å². The lowest BCUT2D eigenvalue weighted by Gasteiger charge is -2.26. The summed E-state index contributed by atoms with van der Waals surface area (Å²) in [4.78, 5) is 52.8. The molecule has 0 radical (unpaired) electrons. The molecule has 4 amide bonds. The van der Waals surface area contributed by atoms with Crippen LogP contribution in [-0.2, 0) is 14.3 Å². The Hall–Kier alpha value is -3.50. The highest BCUT2D eigenvalue weighted by molar-refractivity contribution is 9.10. The minimum Gasteiger partial charge on any atom is -0.465 e. The lowest BCUT2D eigenvalue weighted by Crippen LogP contribution is -2.54. The monoisotopic (exact) mass is 555 g/mol. The summed E-state index contributed by atoms with van der Waals surface area (Å²) in [5.41, 5.74) is 3.65. The molecular weight excluding hydrogens is 534 g/mol. The number of nitrogens with zero attached hydrogens (tertiary/aromatic N) is 2. The number of nitrogens with one attached hydrogen (secondary N) is 1. The van der Waals surface area contributed by atoms with Crippen molar-refractivity contribution in [2.24, 2.45) is 0 Å². The molecule has 1 aromatic carbocycles. The Morgan fingerprint density at radius 2 is 1.74 bits per heavy atom. The fourth-order valence-corrected chi connectivity index (χ4v) is 5.51. The minimum atomic E-state index is -0.808. The molecule has 1 aliphatic rings. The Labute approximate surface area is 214 Å². The van der Waals surface area contributed by atoms with E-state index >= 15 is 0 Å². The molecule has 0 unspecified atom stereocenters. The molecule has 1 saturated heterocycles. The van der Waals surface area contributed by atoms with Crippen LogP contribution in [0.3, 0.4) is 0 Å². The Kier molecular flexibility index (Phi) is 6.52. The van der Waals surface area contributed by atoms with Crippen LogP contribution in [0.1, 0.15) is 37.7 Å². The van der Waals surface area contributed by atoms with Gasteiger partial charge in [-0.3, -0.25) is 14.9 Å². The highest BCUT2D eigenvalue weighted by Crippen LogP contribution is 2.35. The minimum absolute atomic E-state index is 0.167. The van der Waals surface area contributed by atoms with Crippen molar-refractivity contribution in [1.29, 1.82) is 0 Å². The van der Waals surface area contributed by atoms with Crippen molar-refractivity contribution in [3.63, 3.8) is 0 Å². The first-order valence-corrected chi connectivity index (χ1v) is 12.2. The number of benzene rings is 1. The molecule has 35 heavy (non-hydrogen) atoms. The summed E-state index contributed by atoms with van der Waals surface area (Å²) >= 11 is 4.79. The van der Waals surface area contributed by atoms with E-state index in [1.807, 2.05) is 38.3 Å². The number of imide groups is 2. The molecular formula is C25H22BrN3O5S. The topological polar surface area (TPSA) is 97.7 Å². The van der Waals surface area contributed by atoms with E-state index in [-0.39, 0.29) is 5.57 Å². The number of ether oxygens (including phenoxy) is 1. The van der Waals surface area contributed by atoms with E-state index in [4.69, 9.17) is 4.74 Å². The number of carbonyl (C=O) groups excluding carboxylic acids is 4. The van der Waals surface area contributed by atoms with E-state index < -0.39 is 23.8 Å². The number of thiophene rings is 1. The lowest BCUT2D eigenvalue weighted by molar-refractivity contribution is -0.122. The third-order valence-electron chi connectivity index (χ3n) is 5.92. The Balaban J connectivity index is 1.81. The summed E-state index contributed by atoms with van der Waals surface area (Å²) in [5, 5.41) is 2.95. The van der Waals surface area contributed by atoms with Gasteiger partial charge in [0.05, 0.1) is 18.4 Å². The SMILES string of the molecule is COC(=O)c1c(-n2c(C)cc(/C=C3\C(=O)NC(=O)N(c4ccc(Br)cc4)C3=O)c2C)sc(C)c1C. The van der Waals surface area contributed by atoms with Crippen molar-refractivity contribution >= 4 is 62.8 Å². The predicted molar refractivity (Wildman–Crippen MR) is 137 cm³/mol. The molecule has 1 N–H and O–H groups in total. The van der Waals surface area contributed by atoms with Crippen molar-refractivity contribution in [1.82, 2.24) is 9.88 Å². The van der Waals surface area contributed by atoms with Crippen LogP contribution in [0.15, 0.2) is 40.4 Å². The molecule has 10 heteroatoms. The molecule has 0 spiro atoms. The van der Waals surface area contributed by atoms with Crippen LogP contribution < -0.4 is 10.2 Å². The van der Waals surface area contributed by atoms with Gasteiger partial charge >= 0.3 is 12.0 Å². The second-order valence-electron chi connectivity index (χ2n) is 8.05. The molecule has 3 aromatic rings. The Morgan fingerprint density at radius 1 is 1.09 bits per heavy atom. The van der Waals surface area contributed by atoms with E-state index in [1.165, 1.54) is 24.5 Å². The zero-order valence-corrected chi connectivity index (χ0v) is 22.1. The summed E-state index contributed by atoms with van der Waals surface area (Å²) in [6.07, 6.45) is 1.47. The van der Waals surface area contributed by atoms with Gasteiger partial charge in [0.2, 0.25) is 0 Å². The maximum atomic E-state index is 13.2. The van der Waals surface area contributed by atoms with Crippen LogP contribution in [0.2, 0.25) is 0 Å². The second kappa shape index (κ2) is 9.27. The molecule has 0 aliphatic carbocycles. The standard InChI is InChI=1S/C25H22BrN3O5S/c1-12-10-16(14(3)28(12)23-20(24(32)34-5)13(2)15(4)35-23)11-19-21(30)27-25(33)29(22(19)31)18-8-6-17(26)7-9-18/h6-11H,1-5H3,(H,27,30,33)/b19-11+. The molecule has 0 bridgehead atoms. The van der Waals surface area contributed by atoms with E-state index in [0.717, 1.165) is 31.2 Å². The summed E-state index contributed by atoms with van der Waals surface area (Å²) in [5.74, 6) is -1.92. The van der Waals surface area contributed by atoms with Crippen LogP contribution in [-0.4, -0.2) is 35.5 Å². The third-order valence-corrected chi connectivity index (χ3v) is 7.64. The second-order valence-corrected chi connectivity index (χ2v) is 10.2. The van der Waals surface area contributed by atoms with Gasteiger partial charge in [-0.25, -0.2) is 14.5 Å². The highest BCUT2D eigenvalue weighted by atomic mass is 79.9. The summed E-state index contributed by atoms with van der Waals surface area (Å²) < 4.78 is 7.70. The average Bonchev–Trinajstić information content (AvgIpc) is 3.25. The van der Waals surface area contributed by atoms with Crippen molar-refractivity contribution in [2.45, 2.75) is 27.7 Å². The van der Waals surface area contributed by atoms with E-state index in [1.54, 1.807) is 24.3 Å². The molecule has 8 nitrogen and oxygen atoms in total. The smallest absolute Gasteiger partial charge is 0.341 e. The van der Waals surface area contributed by atoms with Crippen LogP contribution in [0, 0.1) is 27.7 Å². The molecule has 1 aliphatic heterocycles. The first-order valence-electron chi connectivity index (χ1n) is 10.6. The zero-order valence-electron chi connectivity index (χ0n) is 19.7. The number of methoxy groups -OCH3 is 1. The molecule has 180 valence electrons. The molecule has 0 saturated carbocycles. The number of esters is 1.